The van der Waals surface area contributed by atoms with Crippen molar-refractivity contribution in [2.24, 2.45) is 11.7 Å². The number of rotatable bonds is 14. The first kappa shape index (κ1) is 29.1. The first-order chi connectivity index (χ1) is 18.5. The average Bonchev–Trinajstić information content (AvgIpc) is 3.35. The Morgan fingerprint density at radius 3 is 2.18 bits per heavy atom. The van der Waals surface area contributed by atoms with Crippen LogP contribution in [0.4, 0.5) is 0 Å². The summed E-state index contributed by atoms with van der Waals surface area (Å²) < 4.78 is 5.32. The van der Waals surface area contributed by atoms with Gasteiger partial charge in [0.25, 0.3) is 0 Å². The number of nitrogens with one attached hydrogen (secondary N) is 1. The summed E-state index contributed by atoms with van der Waals surface area (Å²) in [5, 5.41) is 25.0. The quantitative estimate of drug-likeness (QED) is 0.231. The van der Waals surface area contributed by atoms with Gasteiger partial charge in [-0.25, -0.2) is 0 Å². The van der Waals surface area contributed by atoms with Crippen LogP contribution in [0, 0.1) is 5.92 Å². The van der Waals surface area contributed by atoms with Gasteiger partial charge in [-0.05, 0) is 23.3 Å². The molecule has 0 aliphatic carbocycles. The molecule has 2 amide bonds. The van der Waals surface area contributed by atoms with Crippen LogP contribution < -0.4 is 11.1 Å². The number of halogens is 1. The van der Waals surface area contributed by atoms with Gasteiger partial charge in [0.15, 0.2) is 5.78 Å². The second-order valence-electron chi connectivity index (χ2n) is 8.85. The van der Waals surface area contributed by atoms with Gasteiger partial charge in [0.1, 0.15) is 11.5 Å². The Bertz CT molecular complexity index is 1370. The summed E-state index contributed by atoms with van der Waals surface area (Å²) in [6.45, 7) is 0. The largest absolute Gasteiger partial charge is 0.481 e. The summed E-state index contributed by atoms with van der Waals surface area (Å²) in [7, 11) is 0. The first-order valence-electron chi connectivity index (χ1n) is 11.9. The number of Topliss-reactive ketones (excluding diaryl/α,β-unsaturated/α-hetero) is 1. The molecule has 3 rings (SSSR count). The van der Waals surface area contributed by atoms with Crippen molar-refractivity contribution in [3.05, 3.63) is 65.4 Å². The van der Waals surface area contributed by atoms with Gasteiger partial charge >= 0.3 is 11.9 Å². The molecule has 0 unspecified atom stereocenters. The number of hydrogen-bond acceptors (Lipinski definition) is 7. The molecule has 2 aromatic carbocycles. The molecule has 0 fully saturated rings. The molecule has 1 aromatic heterocycles. The number of carboxylic acids is 2. The number of benzene rings is 2. The van der Waals surface area contributed by atoms with Crippen molar-refractivity contribution < 1.29 is 38.7 Å². The molecule has 0 radical (unpaired) electrons. The third-order valence-corrected chi connectivity index (χ3v) is 6.10. The van der Waals surface area contributed by atoms with E-state index in [4.69, 9.17) is 32.1 Å². The number of amides is 2. The molecule has 0 aliphatic heterocycles. The predicted molar refractivity (Wildman–Crippen MR) is 139 cm³/mol. The summed E-state index contributed by atoms with van der Waals surface area (Å²) in [5.41, 5.74) is 8.43. The van der Waals surface area contributed by atoms with E-state index in [0.29, 0.717) is 16.5 Å². The van der Waals surface area contributed by atoms with Crippen molar-refractivity contribution in [1.82, 2.24) is 10.5 Å². The number of carboxylic acid groups (broad SMARTS) is 2. The van der Waals surface area contributed by atoms with Crippen LogP contribution in [0.2, 0.25) is 5.02 Å². The minimum atomic E-state index is -1.45. The van der Waals surface area contributed by atoms with Crippen molar-refractivity contribution in [3.8, 4) is 22.4 Å². The van der Waals surface area contributed by atoms with E-state index in [1.807, 2.05) is 42.5 Å². The number of carbonyl (C=O) groups excluding carboxylic acids is 3. The number of primary amides is 1. The number of nitrogens with zero attached hydrogens (tertiary/aromatic N) is 1. The minimum Gasteiger partial charge on any atom is -0.481 e. The summed E-state index contributed by atoms with van der Waals surface area (Å²) in [6.07, 6.45) is -2.05. The van der Waals surface area contributed by atoms with Crippen LogP contribution in [0.5, 0.6) is 0 Å². The van der Waals surface area contributed by atoms with Gasteiger partial charge < -0.3 is 25.8 Å². The second-order valence-corrected chi connectivity index (χ2v) is 9.29. The molecule has 11 nitrogen and oxygen atoms in total. The molecule has 3 aromatic rings. The fourth-order valence-corrected chi connectivity index (χ4v) is 4.05. The molecule has 5 N–H and O–H groups in total. The van der Waals surface area contributed by atoms with Gasteiger partial charge in [0.2, 0.25) is 11.8 Å². The smallest absolute Gasteiger partial charge is 0.305 e. The van der Waals surface area contributed by atoms with E-state index in [-0.39, 0.29) is 12.8 Å². The van der Waals surface area contributed by atoms with Gasteiger partial charge in [-0.3, -0.25) is 24.0 Å². The van der Waals surface area contributed by atoms with Gasteiger partial charge in [-0.2, -0.15) is 0 Å². The maximum Gasteiger partial charge on any atom is 0.305 e. The minimum absolute atomic E-state index is 0.121. The molecular formula is C27H26ClN3O8. The molecular weight excluding hydrogens is 530 g/mol. The Morgan fingerprint density at radius 2 is 1.56 bits per heavy atom. The lowest BCUT2D eigenvalue weighted by atomic mass is 9.93. The Labute approximate surface area is 227 Å². The molecule has 0 saturated carbocycles. The standard InChI is InChI=1S/C27H26ClN3O8/c28-19-3-1-2-17(10-19)15-4-6-16(7-5-15)21-13-20(39-31-21)8-9-24(33)30-22(14-26(36)37)23(32)11-18(27(29)38)12-25(34)35/h1-7,10,13,18,22H,8-9,11-12,14H2,(H2,29,38)(H,30,33)(H,34,35)(H,36,37)/t18-,22-/m0/s1. The van der Waals surface area contributed by atoms with E-state index in [9.17, 15) is 24.0 Å². The van der Waals surface area contributed by atoms with E-state index < -0.39 is 60.8 Å². The number of aryl methyl sites for hydroxylation is 1. The van der Waals surface area contributed by atoms with E-state index in [0.717, 1.165) is 16.7 Å². The summed E-state index contributed by atoms with van der Waals surface area (Å²) in [5.74, 6) is -6.07. The number of carbonyl (C=O) groups is 5. The topological polar surface area (TPSA) is 190 Å². The summed E-state index contributed by atoms with van der Waals surface area (Å²) >= 11 is 6.06. The number of aromatic nitrogens is 1. The lowest BCUT2D eigenvalue weighted by molar-refractivity contribution is -0.143. The zero-order chi connectivity index (χ0) is 28.5. The SMILES string of the molecule is NC(=O)[C@H](CC(=O)O)CC(=O)[C@H](CC(=O)O)NC(=O)CCc1cc(-c2ccc(-c3cccc(Cl)c3)cc2)no1. The van der Waals surface area contributed by atoms with Crippen molar-refractivity contribution in [2.45, 2.75) is 38.1 Å². The van der Waals surface area contributed by atoms with Crippen LogP contribution in [0.15, 0.2) is 59.1 Å². The fraction of sp³-hybridized carbons (Fsp3) is 0.259. The van der Waals surface area contributed by atoms with Crippen molar-refractivity contribution >= 4 is 41.1 Å². The number of nitrogens with two attached hydrogens (primary N) is 1. The maximum atomic E-state index is 12.6. The van der Waals surface area contributed by atoms with E-state index in [2.05, 4.69) is 10.5 Å². The van der Waals surface area contributed by atoms with Crippen LogP contribution in [0.1, 0.15) is 31.4 Å². The Kier molecular flexibility index (Phi) is 9.93. The number of ketones is 1. The molecule has 12 heteroatoms. The zero-order valence-corrected chi connectivity index (χ0v) is 21.4. The van der Waals surface area contributed by atoms with Crippen LogP contribution in [-0.4, -0.2) is 50.9 Å². The lowest BCUT2D eigenvalue weighted by Crippen LogP contribution is -2.44. The van der Waals surface area contributed by atoms with Crippen LogP contribution in [-0.2, 0) is 30.4 Å². The molecule has 0 bridgehead atoms. The highest BCUT2D eigenvalue weighted by Crippen LogP contribution is 2.26. The second kappa shape index (κ2) is 13.3. The van der Waals surface area contributed by atoms with Gasteiger partial charge in [-0.15, -0.1) is 0 Å². The van der Waals surface area contributed by atoms with Crippen LogP contribution in [0.25, 0.3) is 22.4 Å². The van der Waals surface area contributed by atoms with Gasteiger partial charge in [-0.1, -0.05) is 53.2 Å². The van der Waals surface area contributed by atoms with E-state index in [1.165, 1.54) is 0 Å². The Morgan fingerprint density at radius 1 is 0.897 bits per heavy atom. The monoisotopic (exact) mass is 555 g/mol. The molecule has 39 heavy (non-hydrogen) atoms. The van der Waals surface area contributed by atoms with Gasteiger partial charge in [0, 0.05) is 35.9 Å². The third-order valence-electron chi connectivity index (χ3n) is 5.87. The van der Waals surface area contributed by atoms with Crippen molar-refractivity contribution in [1.29, 1.82) is 0 Å². The highest BCUT2D eigenvalue weighted by molar-refractivity contribution is 6.30. The predicted octanol–water partition coefficient (Wildman–Crippen LogP) is 3.09. The van der Waals surface area contributed by atoms with Crippen molar-refractivity contribution in [3.63, 3.8) is 0 Å². The van der Waals surface area contributed by atoms with Crippen molar-refractivity contribution in [2.75, 3.05) is 0 Å². The van der Waals surface area contributed by atoms with E-state index >= 15 is 0 Å². The van der Waals surface area contributed by atoms with Gasteiger partial charge in [0.05, 0.1) is 24.8 Å². The third kappa shape index (κ3) is 8.78. The lowest BCUT2D eigenvalue weighted by Gasteiger charge is -2.18. The normalized spacial score (nSPS) is 12.3. The molecule has 0 spiro atoms. The molecule has 2 atom stereocenters. The van der Waals surface area contributed by atoms with Crippen LogP contribution >= 0.6 is 11.6 Å². The average molecular weight is 556 g/mol. The zero-order valence-electron chi connectivity index (χ0n) is 20.6. The summed E-state index contributed by atoms with van der Waals surface area (Å²) in [4.78, 5) is 58.6. The van der Waals surface area contributed by atoms with E-state index in [1.54, 1.807) is 12.1 Å². The Balaban J connectivity index is 1.59. The number of aliphatic carboxylic acids is 2. The Hall–Kier alpha value is -4.51. The maximum absolute atomic E-state index is 12.6. The van der Waals surface area contributed by atoms with Crippen LogP contribution in [0.3, 0.4) is 0 Å². The molecule has 0 saturated heterocycles. The molecule has 0 aliphatic rings. The highest BCUT2D eigenvalue weighted by Gasteiger charge is 2.29. The summed E-state index contributed by atoms with van der Waals surface area (Å²) in [6, 6.07) is 15.3. The number of hydrogen-bond donors (Lipinski definition) is 4. The molecule has 1 heterocycles. The first-order valence-corrected chi connectivity index (χ1v) is 12.3. The highest BCUT2D eigenvalue weighted by atomic mass is 35.5. The molecule has 204 valence electrons. The fourth-order valence-electron chi connectivity index (χ4n) is 3.86.